The van der Waals surface area contributed by atoms with Gasteiger partial charge in [-0.1, -0.05) is 6.07 Å². The summed E-state index contributed by atoms with van der Waals surface area (Å²) in [6.07, 6.45) is 2.33. The Kier molecular flexibility index (Phi) is 4.36. The Labute approximate surface area is 134 Å². The van der Waals surface area contributed by atoms with Gasteiger partial charge >= 0.3 is 0 Å². The number of rotatable bonds is 4. The number of ether oxygens (including phenoxy) is 1. The molecule has 3 heterocycles. The first-order chi connectivity index (χ1) is 11.1. The van der Waals surface area contributed by atoms with Gasteiger partial charge in [0.05, 0.1) is 6.54 Å². The normalized spacial score (nSPS) is 17.1. The fourth-order valence-corrected chi connectivity index (χ4v) is 2.45. The summed E-state index contributed by atoms with van der Waals surface area (Å²) in [5.41, 5.74) is 0.461. The van der Waals surface area contributed by atoms with Crippen LogP contribution in [0.5, 0.6) is 5.88 Å². The van der Waals surface area contributed by atoms with Gasteiger partial charge in [-0.2, -0.15) is 0 Å². The maximum absolute atomic E-state index is 12.3. The first kappa shape index (κ1) is 15.2. The van der Waals surface area contributed by atoms with Crippen LogP contribution in [0.25, 0.3) is 0 Å². The van der Waals surface area contributed by atoms with Crippen LogP contribution >= 0.6 is 0 Å². The molecule has 0 saturated carbocycles. The summed E-state index contributed by atoms with van der Waals surface area (Å²) in [6.45, 7) is 1.19. The molecule has 0 bridgehead atoms. The maximum atomic E-state index is 12.3. The zero-order valence-electron chi connectivity index (χ0n) is 13.2. The van der Waals surface area contributed by atoms with Crippen LogP contribution in [0.15, 0.2) is 36.5 Å². The lowest BCUT2D eigenvalue weighted by molar-refractivity contribution is 0.0765. The van der Waals surface area contributed by atoms with Crippen molar-refractivity contribution in [2.24, 2.45) is 0 Å². The topological polar surface area (TPSA) is 71.5 Å². The van der Waals surface area contributed by atoms with E-state index in [-0.39, 0.29) is 12.0 Å². The van der Waals surface area contributed by atoms with E-state index in [0.29, 0.717) is 24.7 Å². The van der Waals surface area contributed by atoms with Gasteiger partial charge in [-0.25, -0.2) is 0 Å². The van der Waals surface area contributed by atoms with Crippen LogP contribution in [0, 0.1) is 0 Å². The molecule has 7 nitrogen and oxygen atoms in total. The van der Waals surface area contributed by atoms with E-state index in [1.165, 1.54) is 0 Å². The number of nitrogens with zero attached hydrogens (tertiary/aromatic N) is 5. The van der Waals surface area contributed by atoms with Crippen molar-refractivity contribution in [3.63, 3.8) is 0 Å². The van der Waals surface area contributed by atoms with Crippen LogP contribution in [0.2, 0.25) is 0 Å². The van der Waals surface area contributed by atoms with Gasteiger partial charge in [0, 0.05) is 39.3 Å². The van der Waals surface area contributed by atoms with Crippen molar-refractivity contribution in [2.45, 2.75) is 12.5 Å². The molecule has 0 radical (unpaired) electrons. The minimum absolute atomic E-state index is 0.0641. The molecule has 1 aliphatic heterocycles. The molecule has 0 N–H and O–H groups in total. The first-order valence-electron chi connectivity index (χ1n) is 7.51. The van der Waals surface area contributed by atoms with E-state index in [0.717, 1.165) is 12.2 Å². The number of carbonyl (C=O) groups is 1. The summed E-state index contributed by atoms with van der Waals surface area (Å²) in [6, 6.07) is 8.98. The van der Waals surface area contributed by atoms with Crippen molar-refractivity contribution >= 4 is 11.7 Å². The van der Waals surface area contributed by atoms with Crippen LogP contribution < -0.4 is 9.64 Å². The van der Waals surface area contributed by atoms with Crippen molar-refractivity contribution in [1.82, 2.24) is 20.1 Å². The highest BCUT2D eigenvalue weighted by molar-refractivity contribution is 5.92. The highest BCUT2D eigenvalue weighted by Crippen LogP contribution is 2.18. The highest BCUT2D eigenvalue weighted by Gasteiger charge is 2.29. The van der Waals surface area contributed by atoms with Gasteiger partial charge in [0.1, 0.15) is 11.8 Å². The molecule has 0 aliphatic carbocycles. The Balaban J connectivity index is 1.58. The molecule has 7 heteroatoms. The fourth-order valence-electron chi connectivity index (χ4n) is 2.45. The molecule has 1 aliphatic rings. The van der Waals surface area contributed by atoms with Gasteiger partial charge in [-0.05, 0) is 18.2 Å². The van der Waals surface area contributed by atoms with Gasteiger partial charge in [0.15, 0.2) is 5.82 Å². The second-order valence-electron chi connectivity index (χ2n) is 5.62. The van der Waals surface area contributed by atoms with Gasteiger partial charge in [0.25, 0.3) is 5.91 Å². The smallest absolute Gasteiger partial charge is 0.272 e. The van der Waals surface area contributed by atoms with Crippen LogP contribution in [-0.4, -0.2) is 59.3 Å². The molecule has 0 aromatic carbocycles. The Morgan fingerprint density at radius 1 is 1.26 bits per heavy atom. The summed E-state index contributed by atoms with van der Waals surface area (Å²) in [4.78, 5) is 20.1. The molecule has 0 spiro atoms. The molecule has 2 aromatic heterocycles. The summed E-state index contributed by atoms with van der Waals surface area (Å²) >= 11 is 0. The summed E-state index contributed by atoms with van der Waals surface area (Å²) in [5, 5.41) is 8.14. The van der Waals surface area contributed by atoms with Crippen LogP contribution in [0.4, 0.5) is 5.82 Å². The van der Waals surface area contributed by atoms with Crippen LogP contribution in [0.1, 0.15) is 16.9 Å². The van der Waals surface area contributed by atoms with E-state index < -0.39 is 0 Å². The van der Waals surface area contributed by atoms with Crippen LogP contribution in [0.3, 0.4) is 0 Å². The first-order valence-corrected chi connectivity index (χ1v) is 7.51. The summed E-state index contributed by atoms with van der Waals surface area (Å²) < 4.78 is 5.82. The third-order valence-electron chi connectivity index (χ3n) is 3.69. The van der Waals surface area contributed by atoms with E-state index in [2.05, 4.69) is 15.2 Å². The lowest BCUT2D eigenvalue weighted by Gasteiger charge is -2.16. The Hall–Kier alpha value is -2.70. The number of hydrogen-bond acceptors (Lipinski definition) is 6. The molecule has 1 atom stereocenters. The van der Waals surface area contributed by atoms with Gasteiger partial charge < -0.3 is 14.5 Å². The van der Waals surface area contributed by atoms with E-state index in [4.69, 9.17) is 4.74 Å². The quantitative estimate of drug-likeness (QED) is 0.845. The number of anilines is 1. The van der Waals surface area contributed by atoms with Crippen molar-refractivity contribution < 1.29 is 9.53 Å². The van der Waals surface area contributed by atoms with E-state index in [1.807, 2.05) is 31.1 Å². The average molecular weight is 313 g/mol. The number of amides is 1. The summed E-state index contributed by atoms with van der Waals surface area (Å²) in [5.74, 6) is 1.19. The highest BCUT2D eigenvalue weighted by atomic mass is 16.5. The Morgan fingerprint density at radius 3 is 2.78 bits per heavy atom. The monoisotopic (exact) mass is 313 g/mol. The molecule has 23 heavy (non-hydrogen) atoms. The minimum Gasteiger partial charge on any atom is -0.471 e. The van der Waals surface area contributed by atoms with Crippen LogP contribution in [-0.2, 0) is 0 Å². The Morgan fingerprint density at radius 2 is 2.13 bits per heavy atom. The third-order valence-corrected chi connectivity index (χ3v) is 3.69. The number of carbonyl (C=O) groups excluding carboxylic acids is 1. The molecule has 1 amide bonds. The number of pyridine rings is 1. The molecular formula is C16H19N5O2. The predicted molar refractivity (Wildman–Crippen MR) is 85.5 cm³/mol. The standard InChI is InChI=1S/C16H19N5O2/c1-20(2)14-6-7-15(19-18-14)23-12-8-10-21(11-12)16(22)13-5-3-4-9-17-13/h3-7,9,12H,8,10-11H2,1-2H3. The van der Waals surface area contributed by atoms with Crippen molar-refractivity contribution in [3.05, 3.63) is 42.2 Å². The second-order valence-corrected chi connectivity index (χ2v) is 5.62. The van der Waals surface area contributed by atoms with Crippen molar-refractivity contribution in [3.8, 4) is 5.88 Å². The number of hydrogen-bond donors (Lipinski definition) is 0. The molecule has 120 valence electrons. The number of aromatic nitrogens is 3. The minimum atomic E-state index is -0.0674. The van der Waals surface area contributed by atoms with E-state index in [9.17, 15) is 4.79 Å². The average Bonchev–Trinajstić information content (AvgIpc) is 3.04. The number of likely N-dealkylation sites (tertiary alicyclic amines) is 1. The zero-order chi connectivity index (χ0) is 16.2. The molecule has 1 fully saturated rings. The molecule has 1 unspecified atom stereocenters. The van der Waals surface area contributed by atoms with Crippen molar-refractivity contribution in [2.75, 3.05) is 32.1 Å². The lowest BCUT2D eigenvalue weighted by Crippen LogP contribution is -2.31. The molecular weight excluding hydrogens is 294 g/mol. The predicted octanol–water partition coefficient (Wildman–Crippen LogP) is 1.23. The third kappa shape index (κ3) is 3.56. The SMILES string of the molecule is CN(C)c1ccc(OC2CCN(C(=O)c3ccccn3)C2)nn1. The largest absolute Gasteiger partial charge is 0.471 e. The van der Waals surface area contributed by atoms with Gasteiger partial charge in [0.2, 0.25) is 5.88 Å². The Bertz CT molecular complexity index is 660. The molecule has 2 aromatic rings. The maximum Gasteiger partial charge on any atom is 0.272 e. The second kappa shape index (κ2) is 6.60. The zero-order valence-corrected chi connectivity index (χ0v) is 13.2. The van der Waals surface area contributed by atoms with E-state index in [1.54, 1.807) is 29.3 Å². The fraction of sp³-hybridized carbons (Fsp3) is 0.375. The lowest BCUT2D eigenvalue weighted by atomic mass is 10.3. The van der Waals surface area contributed by atoms with E-state index >= 15 is 0 Å². The van der Waals surface area contributed by atoms with Gasteiger partial charge in [-0.3, -0.25) is 9.78 Å². The molecule has 1 saturated heterocycles. The molecule has 3 rings (SSSR count). The summed E-state index contributed by atoms with van der Waals surface area (Å²) in [7, 11) is 3.81. The van der Waals surface area contributed by atoms with Crippen molar-refractivity contribution in [1.29, 1.82) is 0 Å². The van der Waals surface area contributed by atoms with Gasteiger partial charge in [-0.15, -0.1) is 10.2 Å².